The quantitative estimate of drug-likeness (QED) is 0.546. The fraction of sp³-hybridized carbons (Fsp3) is 0.360. The first kappa shape index (κ1) is 24.0. The molecule has 1 saturated heterocycles. The number of hydrogen-bond donors (Lipinski definition) is 1. The SMILES string of the molecule is CCc1ccc2oc(=O)cc(CN3CCN(CC(=O)Nc4ccccc4C(F)(F)F)CC3)c2c1. The van der Waals surface area contributed by atoms with E-state index >= 15 is 0 Å². The highest BCUT2D eigenvalue weighted by molar-refractivity contribution is 5.93. The summed E-state index contributed by atoms with van der Waals surface area (Å²) in [7, 11) is 0. The van der Waals surface area contributed by atoms with Crippen molar-refractivity contribution in [2.45, 2.75) is 26.1 Å². The van der Waals surface area contributed by atoms with Crippen molar-refractivity contribution in [3.8, 4) is 0 Å². The fourth-order valence-corrected chi connectivity index (χ4v) is 4.20. The number of carbonyl (C=O) groups excluding carboxylic acids is 1. The molecule has 0 saturated carbocycles. The Morgan fingerprint density at radius 3 is 2.44 bits per heavy atom. The van der Waals surface area contributed by atoms with Crippen LogP contribution in [0.15, 0.2) is 57.7 Å². The molecule has 2 heterocycles. The molecule has 0 radical (unpaired) electrons. The van der Waals surface area contributed by atoms with Gasteiger partial charge in [-0.05, 0) is 41.8 Å². The van der Waals surface area contributed by atoms with Crippen molar-refractivity contribution in [3.63, 3.8) is 0 Å². The average Bonchev–Trinajstić information content (AvgIpc) is 2.79. The minimum absolute atomic E-state index is 0.0117. The summed E-state index contributed by atoms with van der Waals surface area (Å²) < 4.78 is 44.8. The third-order valence-corrected chi connectivity index (χ3v) is 6.03. The molecule has 6 nitrogen and oxygen atoms in total. The number of nitrogens with one attached hydrogen (secondary N) is 1. The van der Waals surface area contributed by atoms with Crippen molar-refractivity contribution in [2.24, 2.45) is 0 Å². The van der Waals surface area contributed by atoms with Gasteiger partial charge in [-0.25, -0.2) is 4.79 Å². The number of benzene rings is 2. The predicted octanol–water partition coefficient (Wildman–Crippen LogP) is 4.13. The normalized spacial score (nSPS) is 15.5. The molecular formula is C25H26F3N3O3. The minimum atomic E-state index is -4.54. The number of alkyl halides is 3. The van der Waals surface area contributed by atoms with Gasteiger partial charge in [-0.2, -0.15) is 13.2 Å². The van der Waals surface area contributed by atoms with Gasteiger partial charge in [0.2, 0.25) is 5.91 Å². The predicted molar refractivity (Wildman–Crippen MR) is 124 cm³/mol. The topological polar surface area (TPSA) is 65.8 Å². The highest BCUT2D eigenvalue weighted by Gasteiger charge is 2.33. The molecular weight excluding hydrogens is 447 g/mol. The van der Waals surface area contributed by atoms with Crippen molar-refractivity contribution in [1.29, 1.82) is 0 Å². The van der Waals surface area contributed by atoms with Gasteiger partial charge in [0.15, 0.2) is 0 Å². The molecule has 2 aromatic carbocycles. The molecule has 34 heavy (non-hydrogen) atoms. The van der Waals surface area contributed by atoms with Crippen LogP contribution in [-0.4, -0.2) is 48.4 Å². The van der Waals surface area contributed by atoms with E-state index in [2.05, 4.69) is 17.1 Å². The number of aryl methyl sites for hydroxylation is 1. The molecule has 1 aliphatic heterocycles. The molecule has 4 rings (SSSR count). The zero-order chi connectivity index (χ0) is 24.3. The monoisotopic (exact) mass is 473 g/mol. The lowest BCUT2D eigenvalue weighted by atomic mass is 10.0. The van der Waals surface area contributed by atoms with Gasteiger partial charge in [0.1, 0.15) is 5.58 Å². The van der Waals surface area contributed by atoms with Crippen LogP contribution in [0.2, 0.25) is 0 Å². The number of anilines is 1. The number of carbonyl (C=O) groups is 1. The number of rotatable bonds is 6. The van der Waals surface area contributed by atoms with Crippen LogP contribution in [0.5, 0.6) is 0 Å². The smallest absolute Gasteiger partial charge is 0.418 e. The van der Waals surface area contributed by atoms with Gasteiger partial charge in [-0.3, -0.25) is 14.6 Å². The van der Waals surface area contributed by atoms with E-state index in [0.717, 1.165) is 29.0 Å². The highest BCUT2D eigenvalue weighted by atomic mass is 19.4. The maximum atomic E-state index is 13.2. The third-order valence-electron chi connectivity index (χ3n) is 6.03. The summed E-state index contributed by atoms with van der Waals surface area (Å²) in [4.78, 5) is 28.5. The molecule has 3 aromatic rings. The van der Waals surface area contributed by atoms with Crippen molar-refractivity contribution in [1.82, 2.24) is 9.80 Å². The Kier molecular flexibility index (Phi) is 7.04. The second-order valence-electron chi connectivity index (χ2n) is 8.42. The van der Waals surface area contributed by atoms with Crippen molar-refractivity contribution in [3.05, 3.63) is 75.6 Å². The van der Waals surface area contributed by atoms with Crippen LogP contribution >= 0.6 is 0 Å². The molecule has 1 aromatic heterocycles. The maximum Gasteiger partial charge on any atom is 0.418 e. The van der Waals surface area contributed by atoms with Crippen LogP contribution in [0, 0.1) is 0 Å². The summed E-state index contributed by atoms with van der Waals surface area (Å²) in [5.74, 6) is -0.482. The molecule has 0 atom stereocenters. The Bertz CT molecular complexity index is 1230. The number of piperazine rings is 1. The number of halogens is 3. The molecule has 1 amide bonds. The van der Waals surface area contributed by atoms with Crippen molar-refractivity contribution >= 4 is 22.6 Å². The Balaban J connectivity index is 1.36. The van der Waals surface area contributed by atoms with E-state index in [0.29, 0.717) is 38.3 Å². The zero-order valence-corrected chi connectivity index (χ0v) is 18.8. The third kappa shape index (κ3) is 5.66. The van der Waals surface area contributed by atoms with E-state index in [1.165, 1.54) is 24.3 Å². The number of amides is 1. The van der Waals surface area contributed by atoms with Crippen LogP contribution in [-0.2, 0) is 23.9 Å². The Morgan fingerprint density at radius 2 is 1.74 bits per heavy atom. The molecule has 1 aliphatic rings. The van der Waals surface area contributed by atoms with Gasteiger partial charge < -0.3 is 9.73 Å². The molecule has 0 bridgehead atoms. The van der Waals surface area contributed by atoms with Gasteiger partial charge in [-0.1, -0.05) is 25.1 Å². The van der Waals surface area contributed by atoms with Crippen LogP contribution in [0.25, 0.3) is 11.0 Å². The van der Waals surface area contributed by atoms with Gasteiger partial charge in [0, 0.05) is 44.2 Å². The van der Waals surface area contributed by atoms with Crippen LogP contribution in [0.1, 0.15) is 23.6 Å². The lowest BCUT2D eigenvalue weighted by Gasteiger charge is -2.34. The number of para-hydroxylation sites is 1. The molecule has 1 fully saturated rings. The highest BCUT2D eigenvalue weighted by Crippen LogP contribution is 2.34. The first-order chi connectivity index (χ1) is 16.2. The first-order valence-corrected chi connectivity index (χ1v) is 11.2. The molecule has 180 valence electrons. The Labute approximate surface area is 195 Å². The lowest BCUT2D eigenvalue weighted by Crippen LogP contribution is -2.48. The average molecular weight is 473 g/mol. The minimum Gasteiger partial charge on any atom is -0.423 e. The second-order valence-corrected chi connectivity index (χ2v) is 8.42. The number of nitrogens with zero attached hydrogens (tertiary/aromatic N) is 2. The summed E-state index contributed by atoms with van der Waals surface area (Å²) in [6, 6.07) is 12.3. The maximum absolute atomic E-state index is 13.2. The van der Waals surface area contributed by atoms with Crippen LogP contribution in [0.3, 0.4) is 0 Å². The Hall–Kier alpha value is -3.17. The molecule has 9 heteroatoms. The number of hydrogen-bond acceptors (Lipinski definition) is 5. The van der Waals surface area contributed by atoms with E-state index in [1.807, 2.05) is 23.1 Å². The van der Waals surface area contributed by atoms with Crippen LogP contribution in [0.4, 0.5) is 18.9 Å². The molecule has 1 N–H and O–H groups in total. The van der Waals surface area contributed by atoms with Gasteiger partial charge in [-0.15, -0.1) is 0 Å². The van der Waals surface area contributed by atoms with Crippen molar-refractivity contribution in [2.75, 3.05) is 38.0 Å². The van der Waals surface area contributed by atoms with E-state index < -0.39 is 17.6 Å². The van der Waals surface area contributed by atoms with Gasteiger partial charge >= 0.3 is 11.8 Å². The summed E-state index contributed by atoms with van der Waals surface area (Å²) in [6.07, 6.45) is -3.66. The summed E-state index contributed by atoms with van der Waals surface area (Å²) >= 11 is 0. The zero-order valence-electron chi connectivity index (χ0n) is 18.8. The Morgan fingerprint density at radius 1 is 1.03 bits per heavy atom. The fourth-order valence-electron chi connectivity index (χ4n) is 4.20. The van der Waals surface area contributed by atoms with E-state index in [-0.39, 0.29) is 17.9 Å². The molecule has 0 unspecified atom stereocenters. The molecule has 0 aliphatic carbocycles. The van der Waals surface area contributed by atoms with E-state index in [1.54, 1.807) is 0 Å². The largest absolute Gasteiger partial charge is 0.423 e. The molecule has 0 spiro atoms. The van der Waals surface area contributed by atoms with Gasteiger partial charge in [0.05, 0.1) is 17.8 Å². The van der Waals surface area contributed by atoms with Crippen LogP contribution < -0.4 is 10.9 Å². The summed E-state index contributed by atoms with van der Waals surface area (Å²) in [5, 5.41) is 3.31. The standard InChI is InChI=1S/C25H26F3N3O3/c1-2-17-7-8-22-19(13-17)18(14-24(33)34-22)15-30-9-11-31(12-10-30)16-23(32)29-21-6-4-3-5-20(21)25(26,27)28/h3-8,13-14H,2,9-12,15-16H2,1H3,(H,29,32). The second kappa shape index (κ2) is 9.99. The summed E-state index contributed by atoms with van der Waals surface area (Å²) in [6.45, 7) is 5.17. The lowest BCUT2D eigenvalue weighted by molar-refractivity contribution is -0.137. The van der Waals surface area contributed by atoms with E-state index in [4.69, 9.17) is 4.42 Å². The van der Waals surface area contributed by atoms with Crippen molar-refractivity contribution < 1.29 is 22.4 Å². The summed E-state index contributed by atoms with van der Waals surface area (Å²) in [5.41, 5.74) is 1.14. The van der Waals surface area contributed by atoms with E-state index in [9.17, 15) is 22.8 Å². The first-order valence-electron chi connectivity index (χ1n) is 11.2. The number of fused-ring (bicyclic) bond motifs is 1. The van der Waals surface area contributed by atoms with Gasteiger partial charge in [0.25, 0.3) is 0 Å².